The number of nitrogens with two attached hydrogens (primary N) is 1. The smallest absolute Gasteiger partial charge is 0.127 e. The van der Waals surface area contributed by atoms with Crippen LogP contribution in [0.5, 0.6) is 11.5 Å². The predicted molar refractivity (Wildman–Crippen MR) is 82.4 cm³/mol. The highest BCUT2D eigenvalue weighted by Crippen LogP contribution is 2.28. The third-order valence-corrected chi connectivity index (χ3v) is 3.29. The van der Waals surface area contributed by atoms with Crippen LogP contribution in [0.2, 0.25) is 0 Å². The summed E-state index contributed by atoms with van der Waals surface area (Å²) in [5, 5.41) is 0. The zero-order chi connectivity index (χ0) is 14.7. The molecular formula is C17H21NO2. The minimum atomic E-state index is 0.466. The number of rotatable bonds is 4. The highest BCUT2D eigenvalue weighted by Gasteiger charge is 2.08. The number of ether oxygens (including phenoxy) is 2. The zero-order valence-electron chi connectivity index (χ0n) is 12.5. The van der Waals surface area contributed by atoms with E-state index in [9.17, 15) is 0 Å². The molecule has 0 atom stereocenters. The largest absolute Gasteiger partial charge is 0.496 e. The van der Waals surface area contributed by atoms with Crippen LogP contribution in [0.3, 0.4) is 0 Å². The number of methoxy groups -OCH3 is 1. The fraction of sp³-hybridized carbons (Fsp3) is 0.294. The Kier molecular flexibility index (Phi) is 4.18. The molecule has 0 aliphatic rings. The molecule has 0 aromatic heterocycles. The first kappa shape index (κ1) is 14.3. The molecule has 0 saturated carbocycles. The maximum absolute atomic E-state index is 5.97. The normalized spacial score (nSPS) is 10.4. The van der Waals surface area contributed by atoms with Crippen molar-refractivity contribution in [3.05, 3.63) is 52.6 Å². The van der Waals surface area contributed by atoms with E-state index in [1.54, 1.807) is 7.11 Å². The Morgan fingerprint density at radius 2 is 1.65 bits per heavy atom. The van der Waals surface area contributed by atoms with Crippen LogP contribution in [-0.2, 0) is 6.61 Å². The van der Waals surface area contributed by atoms with Crippen molar-refractivity contribution in [1.29, 1.82) is 0 Å². The molecule has 20 heavy (non-hydrogen) atoms. The van der Waals surface area contributed by atoms with Gasteiger partial charge in [-0.15, -0.1) is 0 Å². The summed E-state index contributed by atoms with van der Waals surface area (Å²) in [6.45, 7) is 6.69. The Hall–Kier alpha value is -2.16. The van der Waals surface area contributed by atoms with Crippen LogP contribution in [-0.4, -0.2) is 7.11 Å². The summed E-state index contributed by atoms with van der Waals surface area (Å²) in [6, 6.07) is 9.86. The lowest BCUT2D eigenvalue weighted by molar-refractivity contribution is 0.293. The molecule has 2 aromatic carbocycles. The Morgan fingerprint density at radius 3 is 2.25 bits per heavy atom. The van der Waals surface area contributed by atoms with E-state index >= 15 is 0 Å². The molecule has 2 aromatic rings. The van der Waals surface area contributed by atoms with Gasteiger partial charge >= 0.3 is 0 Å². The molecule has 0 fully saturated rings. The van der Waals surface area contributed by atoms with Gasteiger partial charge in [0, 0.05) is 17.3 Å². The molecule has 106 valence electrons. The minimum Gasteiger partial charge on any atom is -0.496 e. The van der Waals surface area contributed by atoms with Gasteiger partial charge in [0.25, 0.3) is 0 Å². The van der Waals surface area contributed by atoms with Gasteiger partial charge in [0.15, 0.2) is 0 Å². The summed E-state index contributed by atoms with van der Waals surface area (Å²) in [5.74, 6) is 1.70. The van der Waals surface area contributed by atoms with Gasteiger partial charge in [-0.1, -0.05) is 17.7 Å². The Balaban J connectivity index is 2.21. The molecule has 0 spiro atoms. The van der Waals surface area contributed by atoms with Crippen molar-refractivity contribution in [1.82, 2.24) is 0 Å². The van der Waals surface area contributed by atoms with E-state index in [0.29, 0.717) is 12.3 Å². The molecule has 0 bridgehead atoms. The minimum absolute atomic E-state index is 0.466. The van der Waals surface area contributed by atoms with E-state index in [-0.39, 0.29) is 0 Å². The van der Waals surface area contributed by atoms with Crippen LogP contribution >= 0.6 is 0 Å². The summed E-state index contributed by atoms with van der Waals surface area (Å²) in [4.78, 5) is 0. The van der Waals surface area contributed by atoms with Crippen molar-refractivity contribution in [3.63, 3.8) is 0 Å². The molecule has 3 nitrogen and oxygen atoms in total. The fourth-order valence-electron chi connectivity index (χ4n) is 2.42. The van der Waals surface area contributed by atoms with Gasteiger partial charge in [-0.25, -0.2) is 0 Å². The average molecular weight is 271 g/mol. The first-order valence-corrected chi connectivity index (χ1v) is 6.64. The number of hydrogen-bond acceptors (Lipinski definition) is 3. The molecule has 0 amide bonds. The second-order valence-electron chi connectivity index (χ2n) is 5.09. The Labute approximate surface area is 120 Å². The number of benzene rings is 2. The average Bonchev–Trinajstić information content (AvgIpc) is 2.38. The topological polar surface area (TPSA) is 44.5 Å². The summed E-state index contributed by atoms with van der Waals surface area (Å²) >= 11 is 0. The van der Waals surface area contributed by atoms with Crippen molar-refractivity contribution < 1.29 is 9.47 Å². The number of hydrogen-bond donors (Lipinski definition) is 1. The summed E-state index contributed by atoms with van der Waals surface area (Å²) in [7, 11) is 1.64. The monoisotopic (exact) mass is 271 g/mol. The molecule has 0 aliphatic carbocycles. The number of nitrogen functional groups attached to an aromatic ring is 1. The summed E-state index contributed by atoms with van der Waals surface area (Å²) in [6.07, 6.45) is 0. The van der Waals surface area contributed by atoms with E-state index in [4.69, 9.17) is 15.2 Å². The van der Waals surface area contributed by atoms with E-state index < -0.39 is 0 Å². The highest BCUT2D eigenvalue weighted by molar-refractivity contribution is 5.49. The van der Waals surface area contributed by atoms with Gasteiger partial charge in [0.1, 0.15) is 18.1 Å². The van der Waals surface area contributed by atoms with Crippen molar-refractivity contribution in [2.75, 3.05) is 12.8 Å². The molecule has 0 heterocycles. The maximum atomic E-state index is 5.97. The molecule has 0 aliphatic heterocycles. The molecule has 2 N–H and O–H groups in total. The molecule has 0 saturated heterocycles. The summed E-state index contributed by atoms with van der Waals surface area (Å²) in [5.41, 5.74) is 11.0. The van der Waals surface area contributed by atoms with Crippen molar-refractivity contribution in [3.8, 4) is 11.5 Å². The lowest BCUT2D eigenvalue weighted by atomic mass is 10.1. The standard InChI is InChI=1S/C17H21NO2/c1-11-7-12(2)17(13(3)8-11)20-10-14-5-6-15(18)9-16(14)19-4/h5-9H,10,18H2,1-4H3. The van der Waals surface area contributed by atoms with E-state index in [1.165, 1.54) is 5.56 Å². The van der Waals surface area contributed by atoms with Crippen molar-refractivity contribution >= 4 is 5.69 Å². The van der Waals surface area contributed by atoms with Crippen LogP contribution in [0, 0.1) is 20.8 Å². The number of anilines is 1. The second kappa shape index (κ2) is 5.87. The lowest BCUT2D eigenvalue weighted by Gasteiger charge is -2.15. The van der Waals surface area contributed by atoms with E-state index in [0.717, 1.165) is 28.2 Å². The highest BCUT2D eigenvalue weighted by atomic mass is 16.5. The third-order valence-electron chi connectivity index (χ3n) is 3.29. The van der Waals surface area contributed by atoms with Gasteiger partial charge in [-0.2, -0.15) is 0 Å². The fourth-order valence-corrected chi connectivity index (χ4v) is 2.42. The molecule has 0 unspecified atom stereocenters. The first-order valence-electron chi connectivity index (χ1n) is 6.64. The van der Waals surface area contributed by atoms with Gasteiger partial charge < -0.3 is 15.2 Å². The lowest BCUT2D eigenvalue weighted by Crippen LogP contribution is -2.02. The first-order chi connectivity index (χ1) is 9.51. The van der Waals surface area contributed by atoms with Gasteiger partial charge in [0.05, 0.1) is 7.11 Å². The van der Waals surface area contributed by atoms with E-state index in [1.807, 2.05) is 18.2 Å². The zero-order valence-corrected chi connectivity index (χ0v) is 12.5. The van der Waals surface area contributed by atoms with Gasteiger partial charge in [0.2, 0.25) is 0 Å². The molecule has 0 radical (unpaired) electrons. The maximum Gasteiger partial charge on any atom is 0.127 e. The van der Waals surface area contributed by atoms with Crippen LogP contribution in [0.1, 0.15) is 22.3 Å². The quantitative estimate of drug-likeness (QED) is 0.861. The van der Waals surface area contributed by atoms with Crippen molar-refractivity contribution in [2.24, 2.45) is 0 Å². The van der Waals surface area contributed by atoms with Gasteiger partial charge in [-0.3, -0.25) is 0 Å². The number of aryl methyl sites for hydroxylation is 3. The van der Waals surface area contributed by atoms with Crippen LogP contribution < -0.4 is 15.2 Å². The van der Waals surface area contributed by atoms with Crippen LogP contribution in [0.4, 0.5) is 5.69 Å². The van der Waals surface area contributed by atoms with Crippen molar-refractivity contribution in [2.45, 2.75) is 27.4 Å². The SMILES string of the molecule is COc1cc(N)ccc1COc1c(C)cc(C)cc1C. The van der Waals surface area contributed by atoms with Crippen LogP contribution in [0.25, 0.3) is 0 Å². The third kappa shape index (κ3) is 3.05. The predicted octanol–water partition coefficient (Wildman–Crippen LogP) is 3.78. The molecule has 3 heteroatoms. The second-order valence-corrected chi connectivity index (χ2v) is 5.09. The van der Waals surface area contributed by atoms with Gasteiger partial charge in [-0.05, 0) is 44.0 Å². The Bertz CT molecular complexity index is 597. The molecule has 2 rings (SSSR count). The van der Waals surface area contributed by atoms with Crippen LogP contribution in [0.15, 0.2) is 30.3 Å². The Morgan fingerprint density at radius 1 is 1.00 bits per heavy atom. The van der Waals surface area contributed by atoms with E-state index in [2.05, 4.69) is 32.9 Å². The molecular weight excluding hydrogens is 250 g/mol. The summed E-state index contributed by atoms with van der Waals surface area (Å²) < 4.78 is 11.3.